The number of Topliss-reactive ketones (excluding diaryl/α,β-unsaturated/α-hetero) is 1. The molecule has 1 saturated heterocycles. The van der Waals surface area contributed by atoms with Crippen molar-refractivity contribution in [3.63, 3.8) is 0 Å². The highest BCUT2D eigenvalue weighted by atomic mass is 127. The van der Waals surface area contributed by atoms with Gasteiger partial charge in [0.1, 0.15) is 29.5 Å². The molecule has 2 aliphatic carbocycles. The number of aliphatic hydroxyl groups is 3. The second-order valence-corrected chi connectivity index (χ2v) is 11.6. The monoisotopic (exact) mass is 654 g/mol. The molecule has 1 fully saturated rings. The minimum Gasteiger partial charge on any atom is -0.507 e. The molecular weight excluding hydrogens is 627 g/mol. The molecule has 2 aromatic carbocycles. The average molecular weight is 654 g/mol. The predicted octanol–water partition coefficient (Wildman–Crippen LogP) is 1.48. The maximum absolute atomic E-state index is 13.7. The fourth-order valence-electron chi connectivity index (χ4n) is 5.66. The summed E-state index contributed by atoms with van der Waals surface area (Å²) >= 11 is 2.05. The molecule has 5 N–H and O–H groups in total. The van der Waals surface area contributed by atoms with Crippen LogP contribution in [0.3, 0.4) is 0 Å². The van der Waals surface area contributed by atoms with Gasteiger partial charge >= 0.3 is 0 Å². The predicted molar refractivity (Wildman–Crippen MR) is 142 cm³/mol. The van der Waals surface area contributed by atoms with Crippen LogP contribution in [0.25, 0.3) is 0 Å². The van der Waals surface area contributed by atoms with E-state index < -0.39 is 89.6 Å². The van der Waals surface area contributed by atoms with Gasteiger partial charge in [-0.25, -0.2) is 0 Å². The number of aliphatic hydroxyl groups excluding tert-OH is 2. The number of benzene rings is 2. The van der Waals surface area contributed by atoms with Gasteiger partial charge in [0.25, 0.3) is 0 Å². The quantitative estimate of drug-likeness (QED) is 0.153. The summed E-state index contributed by atoms with van der Waals surface area (Å²) in [5, 5.41) is 53.9. The second-order valence-electron chi connectivity index (χ2n) is 10.0. The number of aromatic hydroxyl groups is 2. The maximum Gasteiger partial charge on any atom is 0.202 e. The van der Waals surface area contributed by atoms with Crippen LogP contribution in [-0.2, 0) is 20.7 Å². The molecule has 39 heavy (non-hydrogen) atoms. The summed E-state index contributed by atoms with van der Waals surface area (Å²) in [5.74, 6) is -3.65. The number of fused-ring (bicyclic) bond motifs is 3. The van der Waals surface area contributed by atoms with E-state index >= 15 is 0 Å². The van der Waals surface area contributed by atoms with Gasteiger partial charge in [-0.2, -0.15) is 0 Å². The van der Waals surface area contributed by atoms with Crippen LogP contribution in [0.2, 0.25) is 0 Å². The third-order valence-electron chi connectivity index (χ3n) is 7.69. The van der Waals surface area contributed by atoms with E-state index in [4.69, 9.17) is 14.2 Å². The number of phenolic OH excluding ortho intramolecular Hbond substituents is 2. The van der Waals surface area contributed by atoms with Gasteiger partial charge in [0.2, 0.25) is 5.78 Å². The van der Waals surface area contributed by atoms with Gasteiger partial charge in [-0.3, -0.25) is 14.4 Å². The Labute approximate surface area is 236 Å². The summed E-state index contributed by atoms with van der Waals surface area (Å²) in [4.78, 5) is 39.8. The molecule has 6 atom stereocenters. The Balaban J connectivity index is 1.69. The third kappa shape index (κ3) is 4.33. The molecular formula is C27H27IO11. The van der Waals surface area contributed by atoms with Gasteiger partial charge in [-0.1, -0.05) is 34.7 Å². The van der Waals surface area contributed by atoms with E-state index in [1.54, 1.807) is 6.92 Å². The fourth-order valence-corrected chi connectivity index (χ4v) is 6.66. The zero-order valence-corrected chi connectivity index (χ0v) is 23.2. The zero-order chi connectivity index (χ0) is 28.4. The van der Waals surface area contributed by atoms with Crippen molar-refractivity contribution in [2.45, 2.75) is 60.3 Å². The van der Waals surface area contributed by atoms with Crippen LogP contribution in [-0.4, -0.2) is 84.6 Å². The molecule has 0 aromatic heterocycles. The van der Waals surface area contributed by atoms with Crippen LogP contribution in [0.4, 0.5) is 0 Å². The van der Waals surface area contributed by atoms with Crippen molar-refractivity contribution in [3.8, 4) is 17.2 Å². The summed E-state index contributed by atoms with van der Waals surface area (Å²) in [7, 11) is 1.33. The number of hydrogen-bond donors (Lipinski definition) is 5. The van der Waals surface area contributed by atoms with Crippen LogP contribution in [0.15, 0.2) is 18.2 Å². The van der Waals surface area contributed by atoms with Crippen molar-refractivity contribution < 1.29 is 54.1 Å². The Kier molecular flexibility index (Phi) is 7.23. The highest BCUT2D eigenvalue weighted by molar-refractivity contribution is 14.1. The topological polar surface area (TPSA) is 180 Å². The minimum atomic E-state index is -2.21. The van der Waals surface area contributed by atoms with Gasteiger partial charge in [0.15, 0.2) is 17.9 Å². The average Bonchev–Trinajstić information content (AvgIpc) is 2.90. The lowest BCUT2D eigenvalue weighted by atomic mass is 9.72. The van der Waals surface area contributed by atoms with Gasteiger partial charge in [-0.05, 0) is 13.0 Å². The van der Waals surface area contributed by atoms with Crippen LogP contribution in [0.5, 0.6) is 17.2 Å². The third-order valence-corrected chi connectivity index (χ3v) is 8.94. The highest BCUT2D eigenvalue weighted by Gasteiger charge is 2.50. The molecule has 0 bridgehead atoms. The van der Waals surface area contributed by atoms with Crippen molar-refractivity contribution in [3.05, 3.63) is 51.6 Å². The summed E-state index contributed by atoms with van der Waals surface area (Å²) < 4.78 is 16.9. The number of ketones is 3. The number of carbonyl (C=O) groups excluding carboxylic acids is 3. The van der Waals surface area contributed by atoms with Crippen LogP contribution >= 0.6 is 22.6 Å². The number of methoxy groups -OCH3 is 1. The molecule has 0 radical (unpaired) electrons. The van der Waals surface area contributed by atoms with Crippen LogP contribution in [0.1, 0.15) is 68.8 Å². The van der Waals surface area contributed by atoms with E-state index in [1.807, 2.05) is 0 Å². The Hall–Kier alpha value is -2.62. The van der Waals surface area contributed by atoms with Crippen molar-refractivity contribution in [2.24, 2.45) is 0 Å². The summed E-state index contributed by atoms with van der Waals surface area (Å²) in [6, 6.07) is 4.40. The molecule has 0 saturated carbocycles. The highest BCUT2D eigenvalue weighted by Crippen LogP contribution is 2.52. The number of alkyl halides is 1. The fraction of sp³-hybridized carbons (Fsp3) is 0.444. The number of hydrogen-bond acceptors (Lipinski definition) is 11. The molecule has 2 aromatic rings. The number of phenols is 2. The largest absolute Gasteiger partial charge is 0.507 e. The van der Waals surface area contributed by atoms with Crippen LogP contribution < -0.4 is 4.74 Å². The van der Waals surface area contributed by atoms with Gasteiger partial charge in [0.05, 0.1) is 42.1 Å². The maximum atomic E-state index is 13.7. The molecule has 1 unspecified atom stereocenters. The molecule has 208 valence electrons. The molecule has 1 heterocycles. The number of halogens is 1. The normalized spacial score (nSPS) is 29.8. The van der Waals surface area contributed by atoms with E-state index in [0.717, 1.165) is 0 Å². The zero-order valence-electron chi connectivity index (χ0n) is 21.0. The van der Waals surface area contributed by atoms with E-state index in [2.05, 4.69) is 22.6 Å². The minimum absolute atomic E-state index is 0.0388. The first-order chi connectivity index (χ1) is 18.4. The Morgan fingerprint density at radius 1 is 1.15 bits per heavy atom. The smallest absolute Gasteiger partial charge is 0.202 e. The summed E-state index contributed by atoms with van der Waals surface area (Å²) in [5.41, 5.74) is -3.46. The molecule has 0 spiro atoms. The molecule has 1 aliphatic heterocycles. The first-order valence-electron chi connectivity index (χ1n) is 12.3. The number of ether oxygens (including phenoxy) is 3. The standard InChI is InChI=1S/C27H27IO11/c1-10-22(31)13(28)6-17(38-10)39-15-8-27(36,16(30)9-29)7-12-19(15)26(35)21-20(24(12)33)23(32)11-4-3-5-14(37-2)18(11)25(21)34/h3-5,10,13,15,17,22,29,31,33,35-36H,6-9H2,1-2H3/t10-,13?,15-,17-,22+,27-/m0/s1. The molecule has 0 amide bonds. The van der Waals surface area contributed by atoms with Gasteiger partial charge in [-0.15, -0.1) is 0 Å². The Morgan fingerprint density at radius 3 is 2.49 bits per heavy atom. The van der Waals surface area contributed by atoms with Gasteiger partial charge in [0, 0.05) is 39.9 Å². The SMILES string of the molecule is COc1cccc2c1C(=O)c1c(O)c3c(c(O)c1C2=O)C[C@@](O)(C(=O)CO)C[C@@H]3O[C@H]1CC(I)[C@H](O)[C@H](C)O1. The van der Waals surface area contributed by atoms with E-state index in [9.17, 15) is 39.9 Å². The number of rotatable bonds is 5. The first-order valence-corrected chi connectivity index (χ1v) is 13.5. The lowest BCUT2D eigenvalue weighted by molar-refractivity contribution is -0.240. The molecule has 12 heteroatoms. The molecule has 3 aliphatic rings. The van der Waals surface area contributed by atoms with Crippen LogP contribution in [0, 0.1) is 0 Å². The van der Waals surface area contributed by atoms with Crippen molar-refractivity contribution >= 4 is 39.9 Å². The second kappa shape index (κ2) is 10.1. The Bertz CT molecular complexity index is 1380. The van der Waals surface area contributed by atoms with Crippen molar-refractivity contribution in [1.82, 2.24) is 0 Å². The van der Waals surface area contributed by atoms with Crippen molar-refractivity contribution in [1.29, 1.82) is 0 Å². The summed E-state index contributed by atoms with van der Waals surface area (Å²) in [6.07, 6.45) is -4.36. The lowest BCUT2D eigenvalue weighted by Gasteiger charge is -2.42. The van der Waals surface area contributed by atoms with E-state index in [1.165, 1.54) is 25.3 Å². The summed E-state index contributed by atoms with van der Waals surface area (Å²) in [6.45, 7) is 0.654. The van der Waals surface area contributed by atoms with E-state index in [-0.39, 0.29) is 38.3 Å². The van der Waals surface area contributed by atoms with Gasteiger partial charge < -0.3 is 39.7 Å². The molecule has 5 rings (SSSR count). The lowest BCUT2D eigenvalue weighted by Crippen LogP contribution is -2.49. The first kappa shape index (κ1) is 27.9. The van der Waals surface area contributed by atoms with Crippen molar-refractivity contribution in [2.75, 3.05) is 13.7 Å². The number of carbonyl (C=O) groups is 3. The molecule has 11 nitrogen and oxygen atoms in total. The van der Waals surface area contributed by atoms with E-state index in [0.29, 0.717) is 0 Å². The Morgan fingerprint density at radius 2 is 1.85 bits per heavy atom.